The van der Waals surface area contributed by atoms with Crippen molar-refractivity contribution in [3.05, 3.63) is 41.5 Å². The predicted molar refractivity (Wildman–Crippen MR) is 74.3 cm³/mol. The van der Waals surface area contributed by atoms with Crippen LogP contribution in [0.5, 0.6) is 5.75 Å². The molecule has 112 valence electrons. The molecular weight excluding hydrogens is 272 g/mol. The number of aliphatic hydroxyl groups is 1. The smallest absolute Gasteiger partial charge is 0.234 e. The van der Waals surface area contributed by atoms with Crippen molar-refractivity contribution in [1.29, 1.82) is 0 Å². The van der Waals surface area contributed by atoms with E-state index >= 15 is 0 Å². The summed E-state index contributed by atoms with van der Waals surface area (Å²) in [4.78, 5) is 4.37. The third-order valence-electron chi connectivity index (χ3n) is 3.64. The Labute approximate surface area is 122 Å². The van der Waals surface area contributed by atoms with Gasteiger partial charge in [0.15, 0.2) is 5.82 Å². The van der Waals surface area contributed by atoms with Crippen molar-refractivity contribution in [3.8, 4) is 5.75 Å². The van der Waals surface area contributed by atoms with Crippen molar-refractivity contribution in [2.45, 2.75) is 24.9 Å². The SMILES string of the molecule is COc1ccc(Cc2noc(C3COCCC3O)n2)cc1. The average Bonchev–Trinajstić information content (AvgIpc) is 2.97. The Bertz CT molecular complexity index is 582. The second-order valence-corrected chi connectivity index (χ2v) is 5.11. The highest BCUT2D eigenvalue weighted by Crippen LogP contribution is 2.25. The highest BCUT2D eigenvalue weighted by molar-refractivity contribution is 5.28. The molecule has 1 saturated heterocycles. The summed E-state index contributed by atoms with van der Waals surface area (Å²) in [5.41, 5.74) is 1.07. The molecule has 21 heavy (non-hydrogen) atoms. The third-order valence-corrected chi connectivity index (χ3v) is 3.64. The maximum absolute atomic E-state index is 9.96. The van der Waals surface area contributed by atoms with Crippen LogP contribution in [0.25, 0.3) is 0 Å². The molecule has 0 radical (unpaired) electrons. The van der Waals surface area contributed by atoms with Gasteiger partial charge in [-0.15, -0.1) is 0 Å². The molecule has 0 aliphatic carbocycles. The van der Waals surface area contributed by atoms with Crippen LogP contribution in [0.2, 0.25) is 0 Å². The van der Waals surface area contributed by atoms with Crippen LogP contribution in [0.1, 0.15) is 29.6 Å². The van der Waals surface area contributed by atoms with E-state index in [4.69, 9.17) is 14.0 Å². The number of ether oxygens (including phenoxy) is 2. The predicted octanol–water partition coefficient (Wildman–Crippen LogP) is 1.53. The Kier molecular flexibility index (Phi) is 4.17. The van der Waals surface area contributed by atoms with Gasteiger partial charge in [0, 0.05) is 13.0 Å². The van der Waals surface area contributed by atoms with Gasteiger partial charge in [0.1, 0.15) is 5.75 Å². The Morgan fingerprint density at radius 1 is 1.33 bits per heavy atom. The molecule has 1 aliphatic heterocycles. The molecule has 0 amide bonds. The standard InChI is InChI=1S/C15H18N2O4/c1-19-11-4-2-10(3-5-11)8-14-16-15(21-17-14)12-9-20-7-6-13(12)18/h2-5,12-13,18H,6-9H2,1H3. The molecule has 2 aromatic rings. The molecule has 2 atom stereocenters. The molecule has 2 heterocycles. The summed E-state index contributed by atoms with van der Waals surface area (Å²) < 4.78 is 15.7. The molecule has 6 nitrogen and oxygen atoms in total. The quantitative estimate of drug-likeness (QED) is 0.920. The molecule has 1 aromatic heterocycles. The van der Waals surface area contributed by atoms with E-state index in [0.29, 0.717) is 37.8 Å². The van der Waals surface area contributed by atoms with E-state index in [-0.39, 0.29) is 5.92 Å². The maximum Gasteiger partial charge on any atom is 0.234 e. The van der Waals surface area contributed by atoms with Gasteiger partial charge in [-0.05, 0) is 24.1 Å². The van der Waals surface area contributed by atoms with Crippen molar-refractivity contribution in [3.63, 3.8) is 0 Å². The van der Waals surface area contributed by atoms with E-state index in [9.17, 15) is 5.11 Å². The summed E-state index contributed by atoms with van der Waals surface area (Å²) in [5, 5.41) is 13.9. The summed E-state index contributed by atoms with van der Waals surface area (Å²) in [6, 6.07) is 7.73. The van der Waals surface area contributed by atoms with E-state index in [1.54, 1.807) is 7.11 Å². The number of hydrogen-bond donors (Lipinski definition) is 1. The number of aliphatic hydroxyl groups excluding tert-OH is 1. The number of aromatic nitrogens is 2. The average molecular weight is 290 g/mol. The monoisotopic (exact) mass is 290 g/mol. The number of benzene rings is 1. The highest BCUT2D eigenvalue weighted by Gasteiger charge is 2.30. The first-order valence-corrected chi connectivity index (χ1v) is 6.97. The summed E-state index contributed by atoms with van der Waals surface area (Å²) in [5.74, 6) is 1.64. The fourth-order valence-electron chi connectivity index (χ4n) is 2.38. The van der Waals surface area contributed by atoms with Gasteiger partial charge in [0.05, 0.1) is 25.7 Å². The van der Waals surface area contributed by atoms with Gasteiger partial charge in [-0.3, -0.25) is 0 Å². The Morgan fingerprint density at radius 2 is 2.14 bits per heavy atom. The van der Waals surface area contributed by atoms with Crippen LogP contribution in [0.4, 0.5) is 0 Å². The molecule has 0 saturated carbocycles. The fraction of sp³-hybridized carbons (Fsp3) is 0.467. The number of hydrogen-bond acceptors (Lipinski definition) is 6. The second kappa shape index (κ2) is 6.24. The van der Waals surface area contributed by atoms with Crippen molar-refractivity contribution in [2.75, 3.05) is 20.3 Å². The maximum atomic E-state index is 9.96. The van der Waals surface area contributed by atoms with Gasteiger partial charge in [-0.25, -0.2) is 0 Å². The van der Waals surface area contributed by atoms with Crippen LogP contribution in [0, 0.1) is 0 Å². The molecule has 0 bridgehead atoms. The minimum atomic E-state index is -0.479. The number of rotatable bonds is 4. The van der Waals surface area contributed by atoms with Gasteiger partial charge >= 0.3 is 0 Å². The Morgan fingerprint density at radius 3 is 2.86 bits per heavy atom. The largest absolute Gasteiger partial charge is 0.497 e. The lowest BCUT2D eigenvalue weighted by Gasteiger charge is -2.24. The topological polar surface area (TPSA) is 77.6 Å². The zero-order valence-electron chi connectivity index (χ0n) is 11.9. The molecule has 6 heteroatoms. The van der Waals surface area contributed by atoms with Crippen LogP contribution in [0.3, 0.4) is 0 Å². The van der Waals surface area contributed by atoms with Crippen LogP contribution in [-0.2, 0) is 11.2 Å². The molecule has 2 unspecified atom stereocenters. The van der Waals surface area contributed by atoms with Crippen molar-refractivity contribution in [2.24, 2.45) is 0 Å². The Balaban J connectivity index is 1.69. The van der Waals surface area contributed by atoms with Crippen molar-refractivity contribution in [1.82, 2.24) is 10.1 Å². The van der Waals surface area contributed by atoms with Crippen molar-refractivity contribution >= 4 is 0 Å². The summed E-state index contributed by atoms with van der Waals surface area (Å²) in [6.07, 6.45) is 0.700. The van der Waals surface area contributed by atoms with Gasteiger partial charge in [0.2, 0.25) is 5.89 Å². The molecule has 1 N–H and O–H groups in total. The third kappa shape index (κ3) is 3.22. The first-order valence-electron chi connectivity index (χ1n) is 6.97. The van der Waals surface area contributed by atoms with Crippen LogP contribution < -0.4 is 4.74 Å². The summed E-state index contributed by atoms with van der Waals surface area (Å²) >= 11 is 0. The zero-order valence-corrected chi connectivity index (χ0v) is 11.9. The van der Waals surface area contributed by atoms with Gasteiger partial charge in [-0.1, -0.05) is 17.3 Å². The Hall–Kier alpha value is -1.92. The summed E-state index contributed by atoms with van der Waals surface area (Å²) in [6.45, 7) is 0.996. The molecule has 1 aliphatic rings. The highest BCUT2D eigenvalue weighted by atomic mass is 16.5. The van der Waals surface area contributed by atoms with Gasteiger partial charge < -0.3 is 19.1 Å². The lowest BCUT2D eigenvalue weighted by atomic mass is 9.99. The first kappa shape index (κ1) is 14.0. The van der Waals surface area contributed by atoms with E-state index in [2.05, 4.69) is 10.1 Å². The van der Waals surface area contributed by atoms with Crippen LogP contribution >= 0.6 is 0 Å². The fourth-order valence-corrected chi connectivity index (χ4v) is 2.38. The normalized spacial score (nSPS) is 22.2. The van der Waals surface area contributed by atoms with E-state index in [1.165, 1.54) is 0 Å². The molecule has 0 spiro atoms. The molecule has 1 fully saturated rings. The van der Waals surface area contributed by atoms with Gasteiger partial charge in [0.25, 0.3) is 0 Å². The van der Waals surface area contributed by atoms with E-state index in [0.717, 1.165) is 11.3 Å². The lowest BCUT2D eigenvalue weighted by Crippen LogP contribution is -2.30. The molecule has 3 rings (SSSR count). The second-order valence-electron chi connectivity index (χ2n) is 5.11. The van der Waals surface area contributed by atoms with E-state index in [1.807, 2.05) is 24.3 Å². The number of nitrogens with zero attached hydrogens (tertiary/aromatic N) is 2. The van der Waals surface area contributed by atoms with E-state index < -0.39 is 6.10 Å². The minimum Gasteiger partial charge on any atom is -0.497 e. The first-order chi connectivity index (χ1) is 10.3. The molecule has 1 aromatic carbocycles. The number of methoxy groups -OCH3 is 1. The minimum absolute atomic E-state index is 0.226. The van der Waals surface area contributed by atoms with Crippen molar-refractivity contribution < 1.29 is 19.1 Å². The molecular formula is C15H18N2O4. The lowest BCUT2D eigenvalue weighted by molar-refractivity contribution is -0.0149. The summed E-state index contributed by atoms with van der Waals surface area (Å²) in [7, 11) is 1.64. The van der Waals surface area contributed by atoms with Gasteiger partial charge in [-0.2, -0.15) is 4.98 Å². The zero-order chi connectivity index (χ0) is 14.7. The van der Waals surface area contributed by atoms with Crippen LogP contribution in [-0.4, -0.2) is 41.7 Å². The van der Waals surface area contributed by atoms with Crippen LogP contribution in [0.15, 0.2) is 28.8 Å².